The van der Waals surface area contributed by atoms with Gasteiger partial charge in [-0.15, -0.1) is 0 Å². The third-order valence-corrected chi connectivity index (χ3v) is 3.39. The van der Waals surface area contributed by atoms with Crippen LogP contribution in [0.3, 0.4) is 0 Å². The number of pyridine rings is 1. The summed E-state index contributed by atoms with van der Waals surface area (Å²) in [5, 5.41) is 4.61. The molecule has 3 rings (SSSR count). The Morgan fingerprint density at radius 2 is 2.04 bits per heavy atom. The lowest BCUT2D eigenvalue weighted by Gasteiger charge is -2.19. The number of fused-ring (bicyclic) bond motifs is 1. The van der Waals surface area contributed by atoms with Crippen LogP contribution in [0.5, 0.6) is 0 Å². The Labute approximate surface area is 144 Å². The number of aromatic nitrogens is 4. The van der Waals surface area contributed by atoms with E-state index >= 15 is 0 Å². The second-order valence-electron chi connectivity index (χ2n) is 6.38. The fraction of sp³-hybridized carbons (Fsp3) is 0.294. The molecule has 0 atom stereocenters. The maximum Gasteiger partial charge on any atom is 0.310 e. The monoisotopic (exact) mass is 344 g/mol. The van der Waals surface area contributed by atoms with Crippen LogP contribution in [0.15, 0.2) is 36.7 Å². The van der Waals surface area contributed by atoms with Crippen LogP contribution in [-0.2, 0) is 16.0 Å². The van der Waals surface area contributed by atoms with Gasteiger partial charge >= 0.3 is 5.97 Å². The Balaban J connectivity index is 1.90. The van der Waals surface area contributed by atoms with Gasteiger partial charge < -0.3 is 4.74 Å². The predicted molar refractivity (Wildman–Crippen MR) is 90.8 cm³/mol. The summed E-state index contributed by atoms with van der Waals surface area (Å²) in [6.07, 6.45) is 3.51. The molecule has 0 aliphatic heterocycles. The van der Waals surface area contributed by atoms with Crippen LogP contribution in [0, 0.1) is 0 Å². The minimum Gasteiger partial charge on any atom is -0.460 e. The summed E-state index contributed by atoms with van der Waals surface area (Å²) >= 11 is 5.96. The van der Waals surface area contributed by atoms with E-state index in [2.05, 4.69) is 15.1 Å². The average Bonchev–Trinajstić information content (AvgIpc) is 2.88. The second-order valence-corrected chi connectivity index (χ2v) is 6.77. The van der Waals surface area contributed by atoms with Gasteiger partial charge in [0.1, 0.15) is 16.4 Å². The second kappa shape index (κ2) is 6.20. The number of esters is 1. The summed E-state index contributed by atoms with van der Waals surface area (Å²) in [5.41, 5.74) is 2.35. The molecule has 0 spiro atoms. The first-order valence-corrected chi connectivity index (χ1v) is 7.87. The van der Waals surface area contributed by atoms with E-state index in [-0.39, 0.29) is 12.4 Å². The van der Waals surface area contributed by atoms with Crippen LogP contribution < -0.4 is 0 Å². The van der Waals surface area contributed by atoms with E-state index in [1.54, 1.807) is 35.1 Å². The van der Waals surface area contributed by atoms with Crippen LogP contribution in [-0.4, -0.2) is 31.2 Å². The van der Waals surface area contributed by atoms with Crippen molar-refractivity contribution in [2.75, 3.05) is 0 Å². The molecular formula is C17H17ClN4O2. The van der Waals surface area contributed by atoms with Gasteiger partial charge in [0, 0.05) is 6.20 Å². The van der Waals surface area contributed by atoms with Crippen molar-refractivity contribution < 1.29 is 9.53 Å². The van der Waals surface area contributed by atoms with E-state index in [1.807, 2.05) is 26.8 Å². The predicted octanol–water partition coefficient (Wildman–Crippen LogP) is 3.33. The number of hydrogen-bond acceptors (Lipinski definition) is 5. The molecule has 0 saturated carbocycles. The number of carbonyl (C=O) groups is 1. The summed E-state index contributed by atoms with van der Waals surface area (Å²) in [6.45, 7) is 5.53. The van der Waals surface area contributed by atoms with Gasteiger partial charge in [-0.25, -0.2) is 9.50 Å². The van der Waals surface area contributed by atoms with Crippen molar-refractivity contribution in [3.8, 4) is 11.4 Å². The smallest absolute Gasteiger partial charge is 0.310 e. The van der Waals surface area contributed by atoms with Crippen molar-refractivity contribution in [2.45, 2.75) is 32.8 Å². The number of imidazole rings is 1. The van der Waals surface area contributed by atoms with Crippen molar-refractivity contribution in [1.29, 1.82) is 0 Å². The highest BCUT2D eigenvalue weighted by Crippen LogP contribution is 2.20. The van der Waals surface area contributed by atoms with Gasteiger partial charge in [-0.05, 0) is 50.6 Å². The summed E-state index contributed by atoms with van der Waals surface area (Å²) in [6, 6.07) is 7.08. The van der Waals surface area contributed by atoms with Gasteiger partial charge in [-0.2, -0.15) is 5.10 Å². The first kappa shape index (κ1) is 16.4. The molecule has 0 radical (unpaired) electrons. The van der Waals surface area contributed by atoms with Crippen molar-refractivity contribution in [3.63, 3.8) is 0 Å². The van der Waals surface area contributed by atoms with Gasteiger partial charge in [-0.1, -0.05) is 11.6 Å². The first-order valence-electron chi connectivity index (χ1n) is 7.49. The Morgan fingerprint density at radius 3 is 2.79 bits per heavy atom. The molecule has 0 aliphatic rings. The molecule has 3 aromatic rings. The molecule has 0 unspecified atom stereocenters. The standard InChI is InChI=1S/C17H17ClN4O2/c1-17(2,3)24-16(23)9-11-6-7-19-12(8-11)13-10-20-15-5-4-14(18)21-22(13)15/h4-8,10H,9H2,1-3H3. The molecule has 0 aliphatic carbocycles. The Kier molecular flexibility index (Phi) is 4.24. The van der Waals surface area contributed by atoms with E-state index < -0.39 is 5.60 Å². The van der Waals surface area contributed by atoms with Crippen molar-refractivity contribution in [2.24, 2.45) is 0 Å². The zero-order valence-electron chi connectivity index (χ0n) is 13.7. The molecule has 0 fully saturated rings. The molecule has 3 heterocycles. The number of carbonyl (C=O) groups excluding carboxylic acids is 1. The lowest BCUT2D eigenvalue weighted by atomic mass is 10.1. The maximum absolute atomic E-state index is 12.0. The van der Waals surface area contributed by atoms with Crippen LogP contribution in [0.25, 0.3) is 17.0 Å². The minimum atomic E-state index is -0.505. The molecule has 3 aromatic heterocycles. The number of halogens is 1. The first-order chi connectivity index (χ1) is 11.3. The number of rotatable bonds is 3. The molecule has 0 saturated heterocycles. The number of ether oxygens (including phenoxy) is 1. The molecular weight excluding hydrogens is 328 g/mol. The summed E-state index contributed by atoms with van der Waals surface area (Å²) in [7, 11) is 0. The Bertz CT molecular complexity index is 899. The zero-order valence-corrected chi connectivity index (χ0v) is 14.4. The molecule has 6 nitrogen and oxygen atoms in total. The molecule has 124 valence electrons. The van der Waals surface area contributed by atoms with Gasteiger partial charge in [0.25, 0.3) is 0 Å². The van der Waals surface area contributed by atoms with Crippen molar-refractivity contribution >= 4 is 23.2 Å². The zero-order chi connectivity index (χ0) is 17.3. The van der Waals surface area contributed by atoms with E-state index in [0.29, 0.717) is 22.2 Å². The SMILES string of the molecule is CC(C)(C)OC(=O)Cc1ccnc(-c2cnc3ccc(Cl)nn23)c1. The van der Waals surface area contributed by atoms with Crippen LogP contribution in [0.2, 0.25) is 5.15 Å². The van der Waals surface area contributed by atoms with E-state index in [9.17, 15) is 4.79 Å². The highest BCUT2D eigenvalue weighted by molar-refractivity contribution is 6.29. The summed E-state index contributed by atoms with van der Waals surface area (Å²) < 4.78 is 6.98. The summed E-state index contributed by atoms with van der Waals surface area (Å²) in [4.78, 5) is 20.6. The quantitative estimate of drug-likeness (QED) is 0.682. The fourth-order valence-electron chi connectivity index (χ4n) is 2.29. The molecule has 0 aromatic carbocycles. The summed E-state index contributed by atoms with van der Waals surface area (Å²) in [5.74, 6) is -0.279. The van der Waals surface area contributed by atoms with Crippen molar-refractivity contribution in [1.82, 2.24) is 19.6 Å². The number of nitrogens with zero attached hydrogens (tertiary/aromatic N) is 4. The average molecular weight is 345 g/mol. The topological polar surface area (TPSA) is 69.4 Å². The van der Waals surface area contributed by atoms with E-state index in [1.165, 1.54) is 0 Å². The largest absolute Gasteiger partial charge is 0.460 e. The molecule has 24 heavy (non-hydrogen) atoms. The van der Waals surface area contributed by atoms with Gasteiger partial charge in [0.2, 0.25) is 0 Å². The maximum atomic E-state index is 12.0. The molecule has 0 amide bonds. The highest BCUT2D eigenvalue weighted by atomic mass is 35.5. The Morgan fingerprint density at radius 1 is 1.25 bits per heavy atom. The molecule has 0 bridgehead atoms. The molecule has 0 N–H and O–H groups in total. The third-order valence-electron chi connectivity index (χ3n) is 3.19. The lowest BCUT2D eigenvalue weighted by Crippen LogP contribution is -2.24. The van der Waals surface area contributed by atoms with Crippen molar-refractivity contribution in [3.05, 3.63) is 47.4 Å². The third kappa shape index (κ3) is 3.71. The molecule has 7 heteroatoms. The number of hydrogen-bond donors (Lipinski definition) is 0. The highest BCUT2D eigenvalue weighted by Gasteiger charge is 2.17. The van der Waals surface area contributed by atoms with Crippen LogP contribution in [0.1, 0.15) is 26.3 Å². The fourth-order valence-corrected chi connectivity index (χ4v) is 2.43. The van der Waals surface area contributed by atoms with Gasteiger partial charge in [-0.3, -0.25) is 9.78 Å². The minimum absolute atomic E-state index is 0.178. The Hall–Kier alpha value is -2.47. The normalized spacial score (nSPS) is 11.7. The van der Waals surface area contributed by atoms with Crippen LogP contribution in [0.4, 0.5) is 0 Å². The van der Waals surface area contributed by atoms with Gasteiger partial charge in [0.05, 0.1) is 18.3 Å². The van der Waals surface area contributed by atoms with Gasteiger partial charge in [0.15, 0.2) is 5.65 Å². The van der Waals surface area contributed by atoms with E-state index in [4.69, 9.17) is 16.3 Å². The lowest BCUT2D eigenvalue weighted by molar-refractivity contribution is -0.153. The van der Waals surface area contributed by atoms with E-state index in [0.717, 1.165) is 5.56 Å². The van der Waals surface area contributed by atoms with Crippen LogP contribution >= 0.6 is 11.6 Å².